The molecule has 38 heavy (non-hydrogen) atoms. The Balaban J connectivity index is 1.39. The Morgan fingerprint density at radius 2 is 1.89 bits per heavy atom. The van der Waals surface area contributed by atoms with Gasteiger partial charge in [-0.1, -0.05) is 0 Å². The molecule has 5 N–H and O–H groups in total. The van der Waals surface area contributed by atoms with Gasteiger partial charge in [-0.2, -0.15) is 10.2 Å². The number of hydrogen-bond acceptors (Lipinski definition) is 8. The number of nitrogens with two attached hydrogens (primary N) is 1. The van der Waals surface area contributed by atoms with E-state index in [4.69, 9.17) is 15.5 Å². The Bertz CT molecular complexity index is 1600. The summed E-state index contributed by atoms with van der Waals surface area (Å²) in [5, 5.41) is 18.6. The number of carbonyl (C=O) groups excluding carboxylic acids is 1. The van der Waals surface area contributed by atoms with E-state index in [0.29, 0.717) is 28.5 Å². The molecular weight excluding hydrogens is 482 g/mol. The number of benzene rings is 2. The van der Waals surface area contributed by atoms with Gasteiger partial charge in [0.1, 0.15) is 17.4 Å². The van der Waals surface area contributed by atoms with Crippen molar-refractivity contribution in [2.45, 2.75) is 18.9 Å². The molecule has 2 aromatic carbocycles. The van der Waals surface area contributed by atoms with Gasteiger partial charge in [0.15, 0.2) is 0 Å². The number of nitrogens with one attached hydrogen (secondary N) is 3. The normalized spacial score (nSPS) is 14.0. The van der Waals surface area contributed by atoms with Crippen LogP contribution < -0.4 is 21.1 Å². The maximum absolute atomic E-state index is 12.0. The highest BCUT2D eigenvalue weighted by Gasteiger charge is 2.18. The fourth-order valence-corrected chi connectivity index (χ4v) is 4.64. The number of amides is 1. The number of primary amides is 1. The topological polar surface area (TPSA) is 149 Å². The van der Waals surface area contributed by atoms with Gasteiger partial charge in [-0.15, -0.1) is 0 Å². The van der Waals surface area contributed by atoms with Crippen molar-refractivity contribution in [2.75, 3.05) is 18.4 Å². The van der Waals surface area contributed by atoms with E-state index in [-0.39, 0.29) is 6.10 Å². The van der Waals surface area contributed by atoms with E-state index in [1.165, 1.54) is 0 Å². The van der Waals surface area contributed by atoms with Crippen LogP contribution >= 0.6 is 0 Å². The minimum absolute atomic E-state index is 0.0970. The number of fused-ring (bicyclic) bond motifs is 1. The highest BCUT2D eigenvalue weighted by molar-refractivity contribution is 5.96. The Hall–Kier alpha value is -4.77. The van der Waals surface area contributed by atoms with Crippen LogP contribution in [0.1, 0.15) is 23.2 Å². The number of aromatic nitrogens is 6. The number of rotatable bonds is 7. The molecule has 1 fully saturated rings. The van der Waals surface area contributed by atoms with E-state index in [0.717, 1.165) is 53.6 Å². The summed E-state index contributed by atoms with van der Waals surface area (Å²) in [6, 6.07) is 9.36. The van der Waals surface area contributed by atoms with Crippen molar-refractivity contribution in [3.05, 3.63) is 66.9 Å². The van der Waals surface area contributed by atoms with Crippen LogP contribution in [0.4, 0.5) is 11.6 Å². The molecule has 11 heteroatoms. The lowest BCUT2D eigenvalue weighted by molar-refractivity contribution is 0.100. The summed E-state index contributed by atoms with van der Waals surface area (Å²) >= 11 is 0. The number of carbonyl (C=O) groups is 1. The molecule has 0 spiro atoms. The fourth-order valence-electron chi connectivity index (χ4n) is 4.64. The third-order valence-electron chi connectivity index (χ3n) is 6.57. The molecule has 6 rings (SSSR count). The lowest BCUT2D eigenvalue weighted by Gasteiger charge is -2.24. The van der Waals surface area contributed by atoms with Crippen LogP contribution in [0.2, 0.25) is 0 Å². The smallest absolute Gasteiger partial charge is 0.248 e. The van der Waals surface area contributed by atoms with Gasteiger partial charge in [0.2, 0.25) is 11.9 Å². The van der Waals surface area contributed by atoms with Crippen molar-refractivity contribution in [1.29, 1.82) is 0 Å². The van der Waals surface area contributed by atoms with Crippen molar-refractivity contribution in [3.63, 3.8) is 0 Å². The molecule has 0 aliphatic carbocycles. The molecule has 0 bridgehead atoms. The fraction of sp³-hybridized carbons (Fsp3) is 0.222. The molecule has 1 aliphatic heterocycles. The predicted octanol–water partition coefficient (Wildman–Crippen LogP) is 3.39. The molecule has 1 aliphatic rings. The van der Waals surface area contributed by atoms with Crippen molar-refractivity contribution in [2.24, 2.45) is 12.8 Å². The molecular formula is C27H27N9O2. The standard InChI is InChI=1S/C27H27N9O2/c1-36-15-21(14-33-36)16-6-18(26(28)37)9-22(8-16)34-27-30-11-19-7-17(20-12-31-32-13-20)10-24(25(19)35-27)38-23-2-4-29-5-3-23/h6-15,23,29H,2-5H2,1H3,(H2,28,37)(H,31,32)(H,30,34,35). The van der Waals surface area contributed by atoms with Gasteiger partial charge in [0, 0.05) is 53.4 Å². The predicted molar refractivity (Wildman–Crippen MR) is 144 cm³/mol. The number of H-pyrrole nitrogens is 1. The molecule has 11 nitrogen and oxygen atoms in total. The van der Waals surface area contributed by atoms with Crippen molar-refractivity contribution in [1.82, 2.24) is 35.3 Å². The summed E-state index contributed by atoms with van der Waals surface area (Å²) in [6.07, 6.45) is 10.9. The molecule has 0 unspecified atom stereocenters. The summed E-state index contributed by atoms with van der Waals surface area (Å²) in [7, 11) is 1.84. The van der Waals surface area contributed by atoms with E-state index < -0.39 is 5.91 Å². The van der Waals surface area contributed by atoms with Gasteiger partial charge in [0.25, 0.3) is 0 Å². The minimum Gasteiger partial charge on any atom is -0.488 e. The molecule has 1 amide bonds. The second-order valence-electron chi connectivity index (χ2n) is 9.35. The molecule has 0 saturated carbocycles. The van der Waals surface area contributed by atoms with E-state index >= 15 is 0 Å². The van der Waals surface area contributed by atoms with Gasteiger partial charge in [-0.05, 0) is 67.4 Å². The van der Waals surface area contributed by atoms with E-state index in [2.05, 4.69) is 30.9 Å². The zero-order chi connectivity index (χ0) is 26.1. The van der Waals surface area contributed by atoms with Crippen LogP contribution in [0.15, 0.2) is 61.3 Å². The van der Waals surface area contributed by atoms with Crippen LogP contribution in [0.3, 0.4) is 0 Å². The summed E-state index contributed by atoms with van der Waals surface area (Å²) in [5.41, 5.74) is 10.9. The summed E-state index contributed by atoms with van der Waals surface area (Å²) < 4.78 is 8.19. The number of aryl methyl sites for hydroxylation is 1. The third kappa shape index (κ3) is 4.91. The number of aromatic amines is 1. The van der Waals surface area contributed by atoms with Gasteiger partial charge >= 0.3 is 0 Å². The van der Waals surface area contributed by atoms with Gasteiger partial charge in [-0.25, -0.2) is 9.97 Å². The Labute approximate surface area is 218 Å². The quantitative estimate of drug-likeness (QED) is 0.261. The SMILES string of the molecule is Cn1cc(-c2cc(Nc3ncc4cc(-c5cn[nH]c5)cc(OC5CCNCC5)c4n3)cc(C(N)=O)c2)cn1. The van der Waals surface area contributed by atoms with Crippen LogP contribution in [-0.2, 0) is 7.05 Å². The van der Waals surface area contributed by atoms with Crippen LogP contribution in [0.5, 0.6) is 5.75 Å². The van der Waals surface area contributed by atoms with E-state index in [9.17, 15) is 4.79 Å². The Morgan fingerprint density at radius 3 is 2.63 bits per heavy atom. The minimum atomic E-state index is -0.525. The molecule has 0 radical (unpaired) electrons. The summed E-state index contributed by atoms with van der Waals surface area (Å²) in [6.45, 7) is 1.84. The number of piperidine rings is 1. The maximum Gasteiger partial charge on any atom is 0.248 e. The first-order chi connectivity index (χ1) is 18.5. The number of ether oxygens (including phenoxy) is 1. The van der Waals surface area contributed by atoms with Crippen molar-refractivity contribution >= 4 is 28.4 Å². The summed E-state index contributed by atoms with van der Waals surface area (Å²) in [5.74, 6) is 0.545. The molecule has 3 aromatic heterocycles. The lowest BCUT2D eigenvalue weighted by atomic mass is 10.0. The van der Waals surface area contributed by atoms with Crippen LogP contribution in [0.25, 0.3) is 33.2 Å². The highest BCUT2D eigenvalue weighted by Crippen LogP contribution is 2.34. The van der Waals surface area contributed by atoms with Crippen LogP contribution in [0, 0.1) is 0 Å². The second-order valence-corrected chi connectivity index (χ2v) is 9.35. The molecule has 5 aromatic rings. The highest BCUT2D eigenvalue weighted by atomic mass is 16.5. The molecule has 1 saturated heterocycles. The van der Waals surface area contributed by atoms with Crippen LogP contribution in [-0.4, -0.2) is 55.0 Å². The van der Waals surface area contributed by atoms with E-state index in [1.807, 2.05) is 37.6 Å². The summed E-state index contributed by atoms with van der Waals surface area (Å²) in [4.78, 5) is 21.4. The molecule has 4 heterocycles. The first kappa shape index (κ1) is 23.6. The van der Waals surface area contributed by atoms with E-state index in [1.54, 1.807) is 35.4 Å². The zero-order valence-corrected chi connectivity index (χ0v) is 20.8. The van der Waals surface area contributed by atoms with Gasteiger partial charge in [-0.3, -0.25) is 14.6 Å². The largest absolute Gasteiger partial charge is 0.488 e. The Morgan fingerprint density at radius 1 is 1.05 bits per heavy atom. The average molecular weight is 510 g/mol. The molecule has 0 atom stereocenters. The average Bonchev–Trinajstić information content (AvgIpc) is 3.62. The monoisotopic (exact) mass is 509 g/mol. The first-order valence-corrected chi connectivity index (χ1v) is 12.4. The third-order valence-corrected chi connectivity index (χ3v) is 6.57. The molecule has 192 valence electrons. The second kappa shape index (κ2) is 9.94. The van der Waals surface area contributed by atoms with Gasteiger partial charge in [0.05, 0.1) is 12.4 Å². The van der Waals surface area contributed by atoms with Gasteiger partial charge < -0.3 is 21.1 Å². The van der Waals surface area contributed by atoms with Crippen molar-refractivity contribution in [3.8, 4) is 28.0 Å². The first-order valence-electron chi connectivity index (χ1n) is 12.4. The maximum atomic E-state index is 12.0. The number of hydrogen-bond donors (Lipinski definition) is 4. The zero-order valence-electron chi connectivity index (χ0n) is 20.8. The Kier molecular flexibility index (Phi) is 6.18. The van der Waals surface area contributed by atoms with Crippen molar-refractivity contribution < 1.29 is 9.53 Å². The number of nitrogens with zero attached hydrogens (tertiary/aromatic N) is 5. The number of anilines is 2. The lowest BCUT2D eigenvalue weighted by Crippen LogP contribution is -2.34.